The second kappa shape index (κ2) is 20.5. The van der Waals surface area contributed by atoms with Crippen LogP contribution >= 0.6 is 0 Å². The minimum Gasteiger partial charge on any atom is -0.491 e. The van der Waals surface area contributed by atoms with Crippen LogP contribution in [0.5, 0.6) is 5.75 Å². The molecule has 0 aliphatic carbocycles. The Morgan fingerprint density at radius 1 is 0.821 bits per heavy atom. The minimum atomic E-state index is -2.02. The van der Waals surface area contributed by atoms with Crippen molar-refractivity contribution in [1.82, 2.24) is 15.1 Å². The highest BCUT2D eigenvalue weighted by Crippen LogP contribution is 2.66. The summed E-state index contributed by atoms with van der Waals surface area (Å²) in [5.74, 6) is 2.05. The molecule has 3 saturated heterocycles. The fourth-order valence-corrected chi connectivity index (χ4v) is 10.6. The maximum Gasteiger partial charge on any atom is 0.329 e. The first-order chi connectivity index (χ1) is 32.6. The molecule has 4 amide bonds. The zero-order chi connectivity index (χ0) is 47.2. The summed E-state index contributed by atoms with van der Waals surface area (Å²) in [5.41, 5.74) is 0.890. The molecule has 1 spiro atoms. The van der Waals surface area contributed by atoms with Gasteiger partial charge >= 0.3 is 18.0 Å². The molecule has 0 unspecified atom stereocenters. The van der Waals surface area contributed by atoms with Crippen LogP contribution in [-0.4, -0.2) is 102 Å². The Morgan fingerprint density at radius 3 is 2.10 bits per heavy atom. The fourth-order valence-electron chi connectivity index (χ4n) is 10.6. The van der Waals surface area contributed by atoms with Crippen LogP contribution in [0.1, 0.15) is 98.4 Å². The molecule has 8 rings (SSSR count). The number of anilines is 1. The summed E-state index contributed by atoms with van der Waals surface area (Å²) in [6.45, 7) is 3.93. The van der Waals surface area contributed by atoms with Gasteiger partial charge in [0.2, 0.25) is 11.8 Å². The number of likely N-dealkylation sites (tertiary alicyclic amines) is 1. The first-order valence-corrected chi connectivity index (χ1v) is 23.2. The van der Waals surface area contributed by atoms with Crippen LogP contribution in [0.4, 0.5) is 10.5 Å². The molecular formula is C53H58N4O10. The number of morpholine rings is 1. The number of amides is 4. The molecule has 67 heavy (non-hydrogen) atoms. The van der Waals surface area contributed by atoms with E-state index in [2.05, 4.69) is 17.2 Å². The summed E-state index contributed by atoms with van der Waals surface area (Å²) in [7, 11) is 1.22. The minimum absolute atomic E-state index is 0.0347. The molecule has 0 bridgehead atoms. The molecule has 4 aromatic rings. The first kappa shape index (κ1) is 47.0. The lowest BCUT2D eigenvalue weighted by molar-refractivity contribution is -0.179. The zero-order valence-corrected chi connectivity index (χ0v) is 38.1. The van der Waals surface area contributed by atoms with Gasteiger partial charge in [-0.3, -0.25) is 19.3 Å². The summed E-state index contributed by atoms with van der Waals surface area (Å²) >= 11 is 0. The monoisotopic (exact) mass is 910 g/mol. The topological polar surface area (TPSA) is 175 Å². The zero-order valence-electron chi connectivity index (χ0n) is 38.1. The fraction of sp³-hybridized carbons (Fsp3) is 0.415. The Labute approximate surface area is 391 Å². The number of urea groups is 1. The van der Waals surface area contributed by atoms with Crippen molar-refractivity contribution in [2.75, 3.05) is 44.9 Å². The van der Waals surface area contributed by atoms with Crippen molar-refractivity contribution >= 4 is 35.5 Å². The molecule has 3 N–H and O–H groups in total. The third kappa shape index (κ3) is 8.79. The average Bonchev–Trinajstić information content (AvgIpc) is 3.79. The molecule has 0 aromatic heterocycles. The number of benzene rings is 4. The number of carbonyl (C=O) groups excluding carboxylic acids is 5. The molecule has 4 heterocycles. The van der Waals surface area contributed by atoms with Gasteiger partial charge in [0.25, 0.3) is 0 Å². The number of aliphatic hydroxyl groups excluding tert-OH is 2. The van der Waals surface area contributed by atoms with Crippen molar-refractivity contribution in [1.29, 1.82) is 0 Å². The van der Waals surface area contributed by atoms with E-state index in [0.29, 0.717) is 41.1 Å². The number of imide groups is 1. The summed E-state index contributed by atoms with van der Waals surface area (Å²) < 4.78 is 17.5. The maximum absolute atomic E-state index is 16.6. The summed E-state index contributed by atoms with van der Waals surface area (Å²) in [6, 6.07) is 25.7. The van der Waals surface area contributed by atoms with Crippen molar-refractivity contribution < 1.29 is 48.4 Å². The number of carbonyl (C=O) groups is 5. The van der Waals surface area contributed by atoms with Crippen molar-refractivity contribution in [3.63, 3.8) is 0 Å². The van der Waals surface area contributed by atoms with E-state index in [9.17, 15) is 15.0 Å². The lowest BCUT2D eigenvalue weighted by atomic mass is 9.64. The number of cyclic esters (lactones) is 1. The van der Waals surface area contributed by atoms with E-state index in [1.807, 2.05) is 65.6 Å². The Bertz CT molecular complexity index is 2500. The van der Waals surface area contributed by atoms with Gasteiger partial charge in [0, 0.05) is 25.1 Å². The van der Waals surface area contributed by atoms with Crippen molar-refractivity contribution in [3.8, 4) is 17.6 Å². The van der Waals surface area contributed by atoms with Gasteiger partial charge in [0.1, 0.15) is 36.0 Å². The quantitative estimate of drug-likeness (QED) is 0.116. The number of nitrogens with zero attached hydrogens (tertiary/aromatic N) is 3. The number of esters is 2. The molecule has 4 aromatic carbocycles. The summed E-state index contributed by atoms with van der Waals surface area (Å²) in [6.07, 6.45) is 3.54. The molecule has 7 atom stereocenters. The van der Waals surface area contributed by atoms with Gasteiger partial charge < -0.3 is 34.6 Å². The van der Waals surface area contributed by atoms with Crippen LogP contribution in [0, 0.1) is 23.7 Å². The van der Waals surface area contributed by atoms with Gasteiger partial charge in [-0.1, -0.05) is 118 Å². The number of ether oxygens (including phenoxy) is 3. The lowest BCUT2D eigenvalue weighted by Gasteiger charge is -2.46. The standard InChI is InChI=1S/C53H58N4O10/c1-34(2)43(49(61)65-3)54-52(64)56-41-27-22-35(17-13-16-30-58)33-40(41)53(51(56)63)42(48(60)55-28-14-5-4-6-15-29-55)45-50(62)67-46(37-20-11-8-12-21-37)44(36-18-9-7-10-19-36)57(45)47(53)38-23-25-39(26-24-38)66-32-31-59/h7-12,18-27,33-34,42-47,58-59H,4-6,14-16,28-32H2,1-3H3,(H,54,64)/t42-,43-,44-,45-,46+,47+,53-/m0/s1. The molecule has 14 nitrogen and oxygen atoms in total. The second-order valence-electron chi connectivity index (χ2n) is 17.8. The van der Waals surface area contributed by atoms with E-state index in [-0.39, 0.29) is 31.9 Å². The van der Waals surface area contributed by atoms with Gasteiger partial charge in [-0.2, -0.15) is 0 Å². The van der Waals surface area contributed by atoms with E-state index >= 15 is 19.2 Å². The molecule has 350 valence electrons. The molecule has 14 heteroatoms. The van der Waals surface area contributed by atoms with Crippen molar-refractivity contribution in [2.24, 2.45) is 11.8 Å². The largest absolute Gasteiger partial charge is 0.491 e. The van der Waals surface area contributed by atoms with E-state index in [1.165, 1.54) is 7.11 Å². The van der Waals surface area contributed by atoms with Gasteiger partial charge in [0.05, 0.1) is 44.0 Å². The number of hydrogen-bond donors (Lipinski definition) is 3. The third-order valence-electron chi connectivity index (χ3n) is 13.5. The van der Waals surface area contributed by atoms with Crippen molar-refractivity contribution in [3.05, 3.63) is 131 Å². The summed E-state index contributed by atoms with van der Waals surface area (Å²) in [4.78, 5) is 81.2. The van der Waals surface area contributed by atoms with Gasteiger partial charge in [0.15, 0.2) is 0 Å². The number of rotatable bonds is 11. The highest BCUT2D eigenvalue weighted by molar-refractivity contribution is 6.25. The number of fused-ring (bicyclic) bond motifs is 3. The first-order valence-electron chi connectivity index (χ1n) is 23.2. The highest BCUT2D eigenvalue weighted by atomic mass is 16.6. The van der Waals surface area contributed by atoms with Crippen molar-refractivity contribution in [2.45, 2.75) is 88.1 Å². The number of aliphatic hydroxyl groups is 2. The van der Waals surface area contributed by atoms with E-state index < -0.39 is 77.3 Å². The van der Waals surface area contributed by atoms with Crippen LogP contribution in [0.2, 0.25) is 0 Å². The van der Waals surface area contributed by atoms with E-state index in [4.69, 9.17) is 14.2 Å². The molecule has 0 saturated carbocycles. The number of nitrogens with one attached hydrogen (secondary N) is 1. The van der Waals surface area contributed by atoms with Gasteiger partial charge in [-0.05, 0) is 71.3 Å². The molecular weight excluding hydrogens is 853 g/mol. The predicted octanol–water partition coefficient (Wildman–Crippen LogP) is 6.16. The normalized spacial score (nSPS) is 24.1. The molecule has 3 fully saturated rings. The Morgan fingerprint density at radius 2 is 1.48 bits per heavy atom. The van der Waals surface area contributed by atoms with Crippen LogP contribution < -0.4 is 15.0 Å². The van der Waals surface area contributed by atoms with Crippen LogP contribution in [-0.2, 0) is 34.1 Å². The Balaban J connectivity index is 1.46. The van der Waals surface area contributed by atoms with Gasteiger partial charge in [-0.15, -0.1) is 0 Å². The maximum atomic E-state index is 16.6. The van der Waals surface area contributed by atoms with E-state index in [0.717, 1.165) is 42.6 Å². The second-order valence-corrected chi connectivity index (χ2v) is 17.8. The number of methoxy groups -OCH3 is 1. The van der Waals surface area contributed by atoms with Crippen LogP contribution in [0.3, 0.4) is 0 Å². The van der Waals surface area contributed by atoms with Crippen LogP contribution in [0.15, 0.2) is 103 Å². The third-order valence-corrected chi connectivity index (χ3v) is 13.5. The highest BCUT2D eigenvalue weighted by Gasteiger charge is 2.76. The SMILES string of the molecule is COC(=O)[C@@H](NC(=O)N1C(=O)[C@@]2(c3cc(C#CCCO)ccc31)[C@H](C(=O)N1CCCCCCC1)[C@H]1C(=O)O[C@H](c3ccccc3)[C@H](c3ccccc3)N1[C@@H]2c1ccc(OCCO)cc1)C(C)C. The predicted molar refractivity (Wildman–Crippen MR) is 248 cm³/mol. The molecule has 0 radical (unpaired) electrons. The lowest BCUT2D eigenvalue weighted by Crippen LogP contribution is -2.58. The van der Waals surface area contributed by atoms with Gasteiger partial charge in [-0.25, -0.2) is 14.5 Å². The molecule has 4 aliphatic heterocycles. The smallest absolute Gasteiger partial charge is 0.329 e. The number of hydrogen-bond acceptors (Lipinski definition) is 11. The van der Waals surface area contributed by atoms with Crippen LogP contribution in [0.25, 0.3) is 0 Å². The Kier molecular flexibility index (Phi) is 14.4. The summed E-state index contributed by atoms with van der Waals surface area (Å²) in [5, 5.41) is 22.1. The average molecular weight is 911 g/mol. The Hall–Kier alpha value is -6.53. The molecule has 4 aliphatic rings. The van der Waals surface area contributed by atoms with E-state index in [1.54, 1.807) is 61.2 Å².